The number of hydrogen-bond donors (Lipinski definition) is 2. The highest BCUT2D eigenvalue weighted by Crippen LogP contribution is 2.18. The Morgan fingerprint density at radius 2 is 1.96 bits per heavy atom. The van der Waals surface area contributed by atoms with Crippen LogP contribution in [0.2, 0.25) is 0 Å². The molecule has 2 N–H and O–H groups in total. The molecule has 0 unspecified atom stereocenters. The molecule has 0 spiro atoms. The van der Waals surface area contributed by atoms with Crippen LogP contribution in [0.15, 0.2) is 47.4 Å². The number of fused-ring (bicyclic) bond motifs is 1. The van der Waals surface area contributed by atoms with Gasteiger partial charge in [0.15, 0.2) is 0 Å². The number of piperidine rings is 1. The summed E-state index contributed by atoms with van der Waals surface area (Å²) in [7, 11) is 0. The minimum atomic E-state index is -0.128. The molecular formula is C19H21N5O. The van der Waals surface area contributed by atoms with E-state index in [1.54, 1.807) is 6.07 Å². The fourth-order valence-electron chi connectivity index (χ4n) is 3.22. The van der Waals surface area contributed by atoms with Crippen LogP contribution >= 0.6 is 0 Å². The molecule has 128 valence electrons. The van der Waals surface area contributed by atoms with E-state index in [0.717, 1.165) is 24.5 Å². The zero-order chi connectivity index (χ0) is 17.1. The van der Waals surface area contributed by atoms with Gasteiger partial charge >= 0.3 is 0 Å². The van der Waals surface area contributed by atoms with Gasteiger partial charge in [0.1, 0.15) is 5.82 Å². The van der Waals surface area contributed by atoms with Gasteiger partial charge in [-0.3, -0.25) is 9.78 Å². The highest BCUT2D eigenvalue weighted by atomic mass is 16.1. The highest BCUT2D eigenvalue weighted by molar-refractivity contribution is 5.78. The molecule has 6 nitrogen and oxygen atoms in total. The first-order chi connectivity index (χ1) is 12.3. The summed E-state index contributed by atoms with van der Waals surface area (Å²) in [5.41, 5.74) is 1.68. The van der Waals surface area contributed by atoms with Crippen molar-refractivity contribution in [1.82, 2.24) is 15.0 Å². The molecule has 0 saturated carbocycles. The minimum absolute atomic E-state index is 0.128. The van der Waals surface area contributed by atoms with E-state index in [2.05, 4.69) is 31.2 Å². The third-order valence-electron chi connectivity index (χ3n) is 4.56. The van der Waals surface area contributed by atoms with Crippen molar-refractivity contribution in [3.05, 3.63) is 58.5 Å². The van der Waals surface area contributed by atoms with Crippen LogP contribution in [-0.2, 0) is 6.54 Å². The maximum absolute atomic E-state index is 12.1. The quantitative estimate of drug-likeness (QED) is 0.767. The van der Waals surface area contributed by atoms with E-state index in [9.17, 15) is 4.79 Å². The average Bonchev–Trinajstić information content (AvgIpc) is 2.67. The van der Waals surface area contributed by atoms with Crippen molar-refractivity contribution in [1.29, 1.82) is 0 Å². The summed E-state index contributed by atoms with van der Waals surface area (Å²) in [5, 5.41) is 3.81. The van der Waals surface area contributed by atoms with Crippen molar-refractivity contribution in [3.63, 3.8) is 0 Å². The van der Waals surface area contributed by atoms with Gasteiger partial charge in [-0.1, -0.05) is 12.1 Å². The van der Waals surface area contributed by atoms with Crippen LogP contribution in [0.4, 0.5) is 11.8 Å². The monoisotopic (exact) mass is 335 g/mol. The molecule has 0 amide bonds. The number of hydrogen-bond acceptors (Lipinski definition) is 5. The Morgan fingerprint density at radius 1 is 1.12 bits per heavy atom. The minimum Gasteiger partial charge on any atom is -0.357 e. The number of pyridine rings is 1. The standard InChI is InChI=1S/C19H21N5O/c25-18-15-6-2-3-7-16(15)22-19(23-18)21-13-14-8-9-20-17(12-14)24-10-4-1-5-11-24/h2-3,6-9,12H,1,4-5,10-11,13H2,(H2,21,22,23,25). The molecule has 1 aliphatic heterocycles. The summed E-state index contributed by atoms with van der Waals surface area (Å²) in [6, 6.07) is 11.4. The van der Waals surface area contributed by atoms with E-state index < -0.39 is 0 Å². The lowest BCUT2D eigenvalue weighted by Gasteiger charge is -2.27. The molecule has 1 aliphatic rings. The summed E-state index contributed by atoms with van der Waals surface area (Å²) in [6.07, 6.45) is 5.61. The number of rotatable bonds is 4. The summed E-state index contributed by atoms with van der Waals surface area (Å²) >= 11 is 0. The lowest BCUT2D eigenvalue weighted by Crippen LogP contribution is -2.30. The van der Waals surface area contributed by atoms with E-state index >= 15 is 0 Å². The fourth-order valence-corrected chi connectivity index (χ4v) is 3.22. The Labute approximate surface area is 145 Å². The normalized spacial score (nSPS) is 14.6. The van der Waals surface area contributed by atoms with Gasteiger partial charge in [0.25, 0.3) is 5.56 Å². The lowest BCUT2D eigenvalue weighted by molar-refractivity contribution is 0.573. The number of nitrogens with zero attached hydrogens (tertiary/aromatic N) is 3. The van der Waals surface area contributed by atoms with Crippen LogP contribution in [0.3, 0.4) is 0 Å². The molecule has 1 aromatic carbocycles. The summed E-state index contributed by atoms with van der Waals surface area (Å²) in [4.78, 5) is 26.2. The maximum Gasteiger partial charge on any atom is 0.260 e. The molecule has 0 atom stereocenters. The number of nitrogens with one attached hydrogen (secondary N) is 2. The van der Waals surface area contributed by atoms with Crippen molar-refractivity contribution in [2.45, 2.75) is 25.8 Å². The van der Waals surface area contributed by atoms with E-state index in [1.807, 2.05) is 30.5 Å². The molecule has 0 bridgehead atoms. The number of benzene rings is 1. The molecule has 1 fully saturated rings. The average molecular weight is 335 g/mol. The summed E-state index contributed by atoms with van der Waals surface area (Å²) in [6.45, 7) is 2.73. The van der Waals surface area contributed by atoms with Crippen molar-refractivity contribution in [2.75, 3.05) is 23.3 Å². The van der Waals surface area contributed by atoms with E-state index in [1.165, 1.54) is 19.3 Å². The molecule has 6 heteroatoms. The smallest absolute Gasteiger partial charge is 0.260 e. The van der Waals surface area contributed by atoms with Gasteiger partial charge in [0, 0.05) is 25.8 Å². The Kier molecular flexibility index (Phi) is 4.33. The second-order valence-electron chi connectivity index (χ2n) is 6.36. The summed E-state index contributed by atoms with van der Waals surface area (Å²) in [5.74, 6) is 1.51. The number of aromatic amines is 1. The first-order valence-corrected chi connectivity index (χ1v) is 8.72. The first-order valence-electron chi connectivity index (χ1n) is 8.72. The number of H-pyrrole nitrogens is 1. The molecule has 2 aromatic heterocycles. The molecular weight excluding hydrogens is 314 g/mol. The lowest BCUT2D eigenvalue weighted by atomic mass is 10.1. The SMILES string of the molecule is O=c1[nH]c(NCc2ccnc(N3CCCCC3)c2)nc2ccccc12. The largest absolute Gasteiger partial charge is 0.357 e. The van der Waals surface area contributed by atoms with Gasteiger partial charge in [0.2, 0.25) is 5.95 Å². The molecule has 0 aliphatic carbocycles. The third-order valence-corrected chi connectivity index (χ3v) is 4.56. The van der Waals surface area contributed by atoms with Gasteiger partial charge in [0.05, 0.1) is 10.9 Å². The second kappa shape index (κ2) is 6.93. The van der Waals surface area contributed by atoms with Crippen LogP contribution in [-0.4, -0.2) is 28.0 Å². The first kappa shape index (κ1) is 15.6. The van der Waals surface area contributed by atoms with Crippen molar-refractivity contribution in [3.8, 4) is 0 Å². The number of anilines is 2. The molecule has 3 aromatic rings. The predicted octanol–water partition coefficient (Wildman–Crippen LogP) is 2.92. The second-order valence-corrected chi connectivity index (χ2v) is 6.36. The zero-order valence-electron chi connectivity index (χ0n) is 14.0. The number of para-hydroxylation sites is 1. The van der Waals surface area contributed by atoms with Crippen LogP contribution in [0.1, 0.15) is 24.8 Å². The van der Waals surface area contributed by atoms with Gasteiger partial charge in [-0.25, -0.2) is 9.97 Å². The van der Waals surface area contributed by atoms with Crippen LogP contribution < -0.4 is 15.8 Å². The van der Waals surface area contributed by atoms with Crippen LogP contribution in [0, 0.1) is 0 Å². The van der Waals surface area contributed by atoms with E-state index in [0.29, 0.717) is 23.4 Å². The maximum atomic E-state index is 12.1. The van der Waals surface area contributed by atoms with Crippen LogP contribution in [0.5, 0.6) is 0 Å². The van der Waals surface area contributed by atoms with Crippen molar-refractivity contribution in [2.24, 2.45) is 0 Å². The van der Waals surface area contributed by atoms with E-state index in [-0.39, 0.29) is 5.56 Å². The molecule has 0 radical (unpaired) electrons. The Hall–Kier alpha value is -2.89. The van der Waals surface area contributed by atoms with Gasteiger partial charge in [-0.15, -0.1) is 0 Å². The van der Waals surface area contributed by atoms with Crippen LogP contribution in [0.25, 0.3) is 10.9 Å². The molecule has 3 heterocycles. The van der Waals surface area contributed by atoms with Crippen molar-refractivity contribution < 1.29 is 0 Å². The molecule has 4 rings (SSSR count). The van der Waals surface area contributed by atoms with Gasteiger partial charge < -0.3 is 10.2 Å². The predicted molar refractivity (Wildman–Crippen MR) is 100.0 cm³/mol. The Morgan fingerprint density at radius 3 is 2.84 bits per heavy atom. The highest BCUT2D eigenvalue weighted by Gasteiger charge is 2.12. The molecule has 1 saturated heterocycles. The van der Waals surface area contributed by atoms with E-state index in [4.69, 9.17) is 0 Å². The number of aromatic nitrogens is 3. The molecule has 25 heavy (non-hydrogen) atoms. The Bertz CT molecular complexity index is 930. The van der Waals surface area contributed by atoms with Gasteiger partial charge in [-0.05, 0) is 49.1 Å². The van der Waals surface area contributed by atoms with Crippen molar-refractivity contribution >= 4 is 22.7 Å². The third kappa shape index (κ3) is 3.47. The Balaban J connectivity index is 1.50. The summed E-state index contributed by atoms with van der Waals surface area (Å²) < 4.78 is 0. The zero-order valence-corrected chi connectivity index (χ0v) is 14.0. The fraction of sp³-hybridized carbons (Fsp3) is 0.316. The topological polar surface area (TPSA) is 73.9 Å². The van der Waals surface area contributed by atoms with Gasteiger partial charge in [-0.2, -0.15) is 0 Å².